The van der Waals surface area contributed by atoms with Crippen molar-refractivity contribution in [3.8, 4) is 6.07 Å². The van der Waals surface area contributed by atoms with Gasteiger partial charge in [0.15, 0.2) is 0 Å². The molecule has 2 aliphatic rings. The van der Waals surface area contributed by atoms with Crippen molar-refractivity contribution >= 4 is 0 Å². The van der Waals surface area contributed by atoms with Crippen LogP contribution in [0.2, 0.25) is 0 Å². The Balaban J connectivity index is 1.94. The van der Waals surface area contributed by atoms with Crippen LogP contribution in [0.3, 0.4) is 0 Å². The van der Waals surface area contributed by atoms with Crippen molar-refractivity contribution in [3.63, 3.8) is 0 Å². The summed E-state index contributed by atoms with van der Waals surface area (Å²) in [6, 6.07) is 3.57. The maximum absolute atomic E-state index is 14.1. The average Bonchev–Trinajstić information content (AvgIpc) is 2.53. The molecule has 0 aromatic heterocycles. The summed E-state index contributed by atoms with van der Waals surface area (Å²) in [5.41, 5.74) is -0.505. The SMILES string of the molecule is [2H]C1C2CCC(C=CC)CC2CC([2H])([2H])C1c1cc(F)c(C#N)c(F)c1. The van der Waals surface area contributed by atoms with Crippen LogP contribution >= 0.6 is 0 Å². The molecule has 0 saturated heterocycles. The summed E-state index contributed by atoms with van der Waals surface area (Å²) in [7, 11) is 0. The zero-order valence-corrected chi connectivity index (χ0v) is 13.2. The fourth-order valence-electron chi connectivity index (χ4n) is 3.96. The van der Waals surface area contributed by atoms with Crippen LogP contribution in [0, 0.1) is 40.7 Å². The van der Waals surface area contributed by atoms with Gasteiger partial charge in [0.2, 0.25) is 0 Å². The first-order valence-corrected chi connectivity index (χ1v) is 8.22. The number of allylic oxidation sites excluding steroid dienone is 2. The van der Waals surface area contributed by atoms with Gasteiger partial charge in [0, 0.05) is 4.11 Å². The van der Waals surface area contributed by atoms with Crippen LogP contribution in [0.15, 0.2) is 24.3 Å². The van der Waals surface area contributed by atoms with E-state index < -0.39 is 35.9 Å². The minimum atomic E-state index is -1.71. The van der Waals surface area contributed by atoms with Gasteiger partial charge in [0.05, 0.1) is 0 Å². The van der Waals surface area contributed by atoms with Gasteiger partial charge in [-0.3, -0.25) is 0 Å². The Hall–Kier alpha value is -1.69. The molecule has 5 unspecified atom stereocenters. The molecule has 0 aliphatic heterocycles. The van der Waals surface area contributed by atoms with Gasteiger partial charge in [-0.15, -0.1) is 0 Å². The fraction of sp³-hybridized carbons (Fsp3) is 0.550. The summed E-state index contributed by atoms with van der Waals surface area (Å²) < 4.78 is 53.8. The summed E-state index contributed by atoms with van der Waals surface area (Å²) in [5, 5.41) is 8.83. The zero-order valence-electron chi connectivity index (χ0n) is 16.2. The van der Waals surface area contributed by atoms with E-state index in [-0.39, 0.29) is 17.4 Å². The second kappa shape index (κ2) is 6.83. The predicted molar refractivity (Wildman–Crippen MR) is 86.8 cm³/mol. The van der Waals surface area contributed by atoms with Gasteiger partial charge in [-0.25, -0.2) is 8.78 Å². The Morgan fingerprint density at radius 2 is 1.96 bits per heavy atom. The second-order valence-corrected chi connectivity index (χ2v) is 6.57. The molecular weight excluding hydrogens is 292 g/mol. The van der Waals surface area contributed by atoms with E-state index in [1.54, 1.807) is 0 Å². The van der Waals surface area contributed by atoms with Gasteiger partial charge < -0.3 is 0 Å². The van der Waals surface area contributed by atoms with E-state index in [9.17, 15) is 8.78 Å². The first-order chi connectivity index (χ1) is 12.3. The molecule has 0 amide bonds. The lowest BCUT2D eigenvalue weighted by molar-refractivity contribution is 0.133. The fourth-order valence-corrected chi connectivity index (χ4v) is 3.96. The number of hydrogen-bond acceptors (Lipinski definition) is 1. The van der Waals surface area contributed by atoms with Crippen LogP contribution in [-0.2, 0) is 0 Å². The molecule has 1 aromatic carbocycles. The van der Waals surface area contributed by atoms with Crippen LogP contribution in [0.25, 0.3) is 0 Å². The number of halogens is 2. The van der Waals surface area contributed by atoms with Gasteiger partial charge >= 0.3 is 0 Å². The largest absolute Gasteiger partial charge is 0.205 e. The molecule has 0 bridgehead atoms. The average molecular weight is 318 g/mol. The molecular formula is C20H23F2N. The molecule has 2 fully saturated rings. The quantitative estimate of drug-likeness (QED) is 0.640. The lowest BCUT2D eigenvalue weighted by atomic mass is 9.64. The highest BCUT2D eigenvalue weighted by Gasteiger charge is 2.35. The summed E-state index contributed by atoms with van der Waals surface area (Å²) in [5.74, 6) is -2.28. The summed E-state index contributed by atoms with van der Waals surface area (Å²) in [4.78, 5) is 0. The minimum absolute atomic E-state index is 0.0343. The molecule has 0 radical (unpaired) electrons. The highest BCUT2D eigenvalue weighted by atomic mass is 19.1. The van der Waals surface area contributed by atoms with Gasteiger partial charge in [-0.1, -0.05) is 12.2 Å². The van der Waals surface area contributed by atoms with E-state index in [1.807, 2.05) is 13.0 Å². The number of benzene rings is 1. The summed E-state index contributed by atoms with van der Waals surface area (Å²) >= 11 is 0. The van der Waals surface area contributed by atoms with Crippen molar-refractivity contribution in [3.05, 3.63) is 47.0 Å². The van der Waals surface area contributed by atoms with Crippen LogP contribution in [-0.4, -0.2) is 0 Å². The molecule has 2 aliphatic carbocycles. The Morgan fingerprint density at radius 1 is 1.22 bits per heavy atom. The van der Waals surface area contributed by atoms with Crippen molar-refractivity contribution in [1.82, 2.24) is 0 Å². The van der Waals surface area contributed by atoms with Crippen molar-refractivity contribution in [2.45, 2.75) is 51.3 Å². The van der Waals surface area contributed by atoms with E-state index in [2.05, 4.69) is 6.08 Å². The van der Waals surface area contributed by atoms with E-state index in [0.29, 0.717) is 12.3 Å². The first-order valence-electron chi connectivity index (χ1n) is 9.80. The first kappa shape index (κ1) is 12.7. The highest BCUT2D eigenvalue weighted by molar-refractivity contribution is 5.36. The minimum Gasteiger partial charge on any atom is -0.205 e. The van der Waals surface area contributed by atoms with Gasteiger partial charge in [0.25, 0.3) is 0 Å². The monoisotopic (exact) mass is 318 g/mol. The molecule has 5 atom stereocenters. The Morgan fingerprint density at radius 3 is 2.61 bits per heavy atom. The Kier molecular flexibility index (Phi) is 3.77. The number of fused-ring (bicyclic) bond motifs is 1. The predicted octanol–water partition coefficient (Wildman–Crippen LogP) is 5.71. The molecule has 3 heteroatoms. The van der Waals surface area contributed by atoms with E-state index in [1.165, 1.54) is 6.07 Å². The van der Waals surface area contributed by atoms with Crippen molar-refractivity contribution in [2.75, 3.05) is 0 Å². The highest BCUT2D eigenvalue weighted by Crippen LogP contribution is 2.48. The van der Waals surface area contributed by atoms with Gasteiger partial charge in [-0.05, 0) is 86.7 Å². The number of rotatable bonds is 2. The molecule has 1 aromatic rings. The zero-order chi connectivity index (χ0) is 19.1. The molecule has 122 valence electrons. The molecule has 23 heavy (non-hydrogen) atoms. The van der Waals surface area contributed by atoms with Crippen LogP contribution in [0.1, 0.15) is 66.5 Å². The summed E-state index contributed by atoms with van der Waals surface area (Å²) in [6.07, 6.45) is 4.68. The second-order valence-electron chi connectivity index (χ2n) is 6.57. The van der Waals surface area contributed by atoms with Crippen molar-refractivity contribution < 1.29 is 12.9 Å². The molecule has 0 N–H and O–H groups in total. The Bertz CT molecular complexity index is 733. The third kappa shape index (κ3) is 3.32. The molecule has 1 nitrogen and oxygen atoms in total. The van der Waals surface area contributed by atoms with Gasteiger partial charge in [-0.2, -0.15) is 5.26 Å². The van der Waals surface area contributed by atoms with Gasteiger partial charge in [0.1, 0.15) is 23.3 Å². The molecule has 0 spiro atoms. The molecule has 0 heterocycles. The lowest BCUT2D eigenvalue weighted by Crippen LogP contribution is -2.30. The van der Waals surface area contributed by atoms with Crippen molar-refractivity contribution in [2.24, 2.45) is 17.8 Å². The maximum Gasteiger partial charge on any atom is 0.144 e. The van der Waals surface area contributed by atoms with E-state index in [0.717, 1.165) is 31.4 Å². The van der Waals surface area contributed by atoms with E-state index in [4.69, 9.17) is 9.37 Å². The number of hydrogen-bond donors (Lipinski definition) is 0. The molecule has 2 saturated carbocycles. The van der Waals surface area contributed by atoms with Crippen molar-refractivity contribution in [1.29, 1.82) is 5.26 Å². The number of nitrogens with zero attached hydrogens (tertiary/aromatic N) is 1. The third-order valence-corrected chi connectivity index (χ3v) is 5.12. The van der Waals surface area contributed by atoms with Crippen LogP contribution < -0.4 is 0 Å². The van der Waals surface area contributed by atoms with E-state index >= 15 is 0 Å². The lowest BCUT2D eigenvalue weighted by Gasteiger charge is -2.41. The normalized spacial score (nSPS) is 38.2. The van der Waals surface area contributed by atoms with Crippen LogP contribution in [0.4, 0.5) is 8.78 Å². The summed E-state index contributed by atoms with van der Waals surface area (Å²) in [6.45, 7) is 1.98. The Labute approximate surface area is 141 Å². The topological polar surface area (TPSA) is 23.8 Å². The molecule has 3 rings (SSSR count). The smallest absolute Gasteiger partial charge is 0.144 e. The standard InChI is InChI=1S/C20H23F2N/c1-2-3-13-4-5-15-9-16(7-6-14(15)8-13)17-10-19(21)18(12-23)20(22)11-17/h2-3,10-11,13-16H,4-9H2,1H3/i7D2,9D. The number of nitriles is 1. The maximum atomic E-state index is 14.1. The third-order valence-electron chi connectivity index (χ3n) is 5.12. The van der Waals surface area contributed by atoms with Crippen LogP contribution in [0.5, 0.6) is 0 Å².